The third-order valence-electron chi connectivity index (χ3n) is 4.63. The molecule has 3 atom stereocenters. The number of nitrogens with zero attached hydrogens (tertiary/aromatic N) is 1. The van der Waals surface area contributed by atoms with Gasteiger partial charge in [-0.2, -0.15) is 0 Å². The van der Waals surface area contributed by atoms with Crippen LogP contribution in [0.2, 0.25) is 0 Å². The minimum absolute atomic E-state index is 0.138. The molecule has 15 heteroatoms. The first-order valence-electron chi connectivity index (χ1n) is 8.82. The molecule has 0 radical (unpaired) electrons. The Kier molecular flexibility index (Phi) is 7.44. The van der Waals surface area contributed by atoms with E-state index in [0.717, 1.165) is 25.0 Å². The van der Waals surface area contributed by atoms with Gasteiger partial charge in [0.1, 0.15) is 17.7 Å². The number of nitrogens with one attached hydrogen (secondary N) is 1. The smallest absolute Gasteiger partial charge is 0.330 e. The number of aryl methyl sites for hydroxylation is 1. The zero-order valence-corrected chi connectivity index (χ0v) is 18.5. The predicted octanol–water partition coefficient (Wildman–Crippen LogP) is -2.32. The lowest BCUT2D eigenvalue weighted by atomic mass is 10.2. The first kappa shape index (κ1) is 24.7. The van der Waals surface area contributed by atoms with Crippen molar-refractivity contribution in [3.8, 4) is 0 Å². The number of hydrogen-bond donors (Lipinski definition) is 1. The van der Waals surface area contributed by atoms with Crippen molar-refractivity contribution in [3.05, 3.63) is 32.6 Å². The van der Waals surface area contributed by atoms with Crippen LogP contribution in [0.5, 0.6) is 0 Å². The van der Waals surface area contributed by atoms with Crippen LogP contribution in [-0.2, 0) is 43.5 Å². The highest BCUT2D eigenvalue weighted by molar-refractivity contribution is 7.93. The van der Waals surface area contributed by atoms with Gasteiger partial charge in [0.25, 0.3) is 5.56 Å². The summed E-state index contributed by atoms with van der Waals surface area (Å²) < 4.78 is 65.4. The summed E-state index contributed by atoms with van der Waals surface area (Å²) in [6, 6.07) is 0. The molecular formula is C16H22N2O11S2. The van der Waals surface area contributed by atoms with Crippen LogP contribution < -0.4 is 11.2 Å². The molecule has 13 nitrogen and oxygen atoms in total. The molecule has 0 unspecified atom stereocenters. The Labute approximate surface area is 177 Å². The van der Waals surface area contributed by atoms with Gasteiger partial charge in [-0.15, -0.1) is 0 Å². The van der Waals surface area contributed by atoms with Crippen LogP contribution in [0.15, 0.2) is 15.8 Å². The van der Waals surface area contributed by atoms with Crippen LogP contribution in [0.25, 0.3) is 0 Å². The van der Waals surface area contributed by atoms with Crippen LogP contribution in [-0.4, -0.2) is 81.2 Å². The standard InChI is InChI=1S/C16H22N2O11S2/c1-9-5-18(16(22)17-15(9)21)12-4-11(31(25,26)8-14(20)28-3)10(29-12)6-30(23,24)7-13(19)27-2/h5,10-12H,4,6-8H2,1-3H3,(H,17,21,22)/t10-,11-,12-/m1/s1. The molecule has 1 N–H and O–H groups in total. The van der Waals surface area contributed by atoms with E-state index in [0.29, 0.717) is 0 Å². The van der Waals surface area contributed by atoms with Crippen molar-refractivity contribution in [2.24, 2.45) is 0 Å². The molecule has 1 saturated heterocycles. The molecule has 0 saturated carbocycles. The van der Waals surface area contributed by atoms with Crippen molar-refractivity contribution >= 4 is 31.6 Å². The average molecular weight is 482 g/mol. The number of carbonyl (C=O) groups is 2. The highest BCUT2D eigenvalue weighted by Crippen LogP contribution is 2.33. The highest BCUT2D eigenvalue weighted by Gasteiger charge is 2.47. The van der Waals surface area contributed by atoms with E-state index in [4.69, 9.17) is 4.74 Å². The highest BCUT2D eigenvalue weighted by atomic mass is 32.2. The van der Waals surface area contributed by atoms with Crippen LogP contribution in [0.3, 0.4) is 0 Å². The Balaban J connectivity index is 2.43. The van der Waals surface area contributed by atoms with Crippen molar-refractivity contribution in [2.45, 2.75) is 30.9 Å². The molecule has 0 bridgehead atoms. The molecule has 1 fully saturated rings. The number of esters is 2. The summed E-state index contributed by atoms with van der Waals surface area (Å²) in [5, 5.41) is -1.50. The van der Waals surface area contributed by atoms with Gasteiger partial charge in [0.2, 0.25) is 0 Å². The molecule has 1 aliphatic heterocycles. The summed E-state index contributed by atoms with van der Waals surface area (Å²) in [4.78, 5) is 48.7. The Hall–Kier alpha value is -2.52. The molecule has 0 amide bonds. The third kappa shape index (κ3) is 6.01. The molecule has 174 valence electrons. The SMILES string of the molecule is COC(=O)CS(=O)(=O)C[C@H]1O[C@@H](n2cc(C)c(=O)[nH]c2=O)C[C@H]1S(=O)(=O)CC(=O)OC. The maximum Gasteiger partial charge on any atom is 0.330 e. The largest absolute Gasteiger partial charge is 0.468 e. The lowest BCUT2D eigenvalue weighted by molar-refractivity contribution is -0.138. The summed E-state index contributed by atoms with van der Waals surface area (Å²) >= 11 is 0. The number of rotatable bonds is 8. The fourth-order valence-electron chi connectivity index (χ4n) is 3.08. The number of sulfone groups is 2. The normalized spacial score (nSPS) is 21.6. The molecule has 1 aromatic rings. The summed E-state index contributed by atoms with van der Waals surface area (Å²) in [6.45, 7) is 1.41. The second kappa shape index (κ2) is 9.32. The van der Waals surface area contributed by atoms with E-state index in [2.05, 4.69) is 9.47 Å². The maximum atomic E-state index is 12.7. The van der Waals surface area contributed by atoms with Crippen LogP contribution in [0.1, 0.15) is 18.2 Å². The molecule has 1 aromatic heterocycles. The Bertz CT molecular complexity index is 1180. The Morgan fingerprint density at radius 3 is 2.29 bits per heavy atom. The number of H-pyrrole nitrogens is 1. The molecule has 2 rings (SSSR count). The van der Waals surface area contributed by atoms with Gasteiger partial charge in [-0.25, -0.2) is 21.6 Å². The van der Waals surface area contributed by atoms with Crippen LogP contribution in [0.4, 0.5) is 0 Å². The minimum atomic E-state index is -4.27. The minimum Gasteiger partial charge on any atom is -0.468 e. The number of aromatic amines is 1. The predicted molar refractivity (Wildman–Crippen MR) is 105 cm³/mol. The molecule has 0 aromatic carbocycles. The van der Waals surface area contributed by atoms with Gasteiger partial charge in [0, 0.05) is 18.2 Å². The maximum absolute atomic E-state index is 12.7. The zero-order valence-electron chi connectivity index (χ0n) is 16.9. The monoisotopic (exact) mass is 482 g/mol. The molecule has 2 heterocycles. The average Bonchev–Trinajstić information content (AvgIpc) is 3.07. The summed E-state index contributed by atoms with van der Waals surface area (Å²) in [6.07, 6.45) is -1.95. The Morgan fingerprint density at radius 1 is 1.13 bits per heavy atom. The summed E-state index contributed by atoms with van der Waals surface area (Å²) in [5.41, 5.74) is -1.40. The van der Waals surface area contributed by atoms with Crippen LogP contribution in [0, 0.1) is 6.92 Å². The van der Waals surface area contributed by atoms with Gasteiger partial charge in [-0.05, 0) is 6.92 Å². The van der Waals surface area contributed by atoms with Gasteiger partial charge < -0.3 is 14.2 Å². The van der Waals surface area contributed by atoms with E-state index in [-0.39, 0.29) is 12.0 Å². The fourth-order valence-corrected chi connectivity index (χ4v) is 6.35. The fraction of sp³-hybridized carbons (Fsp3) is 0.625. The molecule has 0 aliphatic carbocycles. The zero-order chi connectivity index (χ0) is 23.6. The molecule has 0 spiro atoms. The van der Waals surface area contributed by atoms with Crippen LogP contribution >= 0.6 is 0 Å². The quantitative estimate of drug-likeness (QED) is 0.392. The van der Waals surface area contributed by atoms with Gasteiger partial charge in [-0.3, -0.25) is 23.9 Å². The lowest BCUT2D eigenvalue weighted by Crippen LogP contribution is -2.39. The third-order valence-corrected chi connectivity index (χ3v) is 8.20. The molecule has 1 aliphatic rings. The van der Waals surface area contributed by atoms with Crippen molar-refractivity contribution in [1.29, 1.82) is 0 Å². The topological polar surface area (TPSA) is 185 Å². The number of carbonyl (C=O) groups excluding carboxylic acids is 2. The Morgan fingerprint density at radius 2 is 1.71 bits per heavy atom. The molecule has 31 heavy (non-hydrogen) atoms. The molecular weight excluding hydrogens is 460 g/mol. The van der Waals surface area contributed by atoms with Crippen molar-refractivity contribution in [2.75, 3.05) is 31.5 Å². The second-order valence-corrected chi connectivity index (χ2v) is 11.2. The van der Waals surface area contributed by atoms with E-state index in [1.165, 1.54) is 6.92 Å². The van der Waals surface area contributed by atoms with Gasteiger partial charge in [-0.1, -0.05) is 0 Å². The number of ether oxygens (including phenoxy) is 3. The van der Waals surface area contributed by atoms with Crippen molar-refractivity contribution in [3.63, 3.8) is 0 Å². The number of hydrogen-bond acceptors (Lipinski definition) is 11. The van der Waals surface area contributed by atoms with Crippen molar-refractivity contribution in [1.82, 2.24) is 9.55 Å². The van der Waals surface area contributed by atoms with Gasteiger partial charge >= 0.3 is 17.6 Å². The van der Waals surface area contributed by atoms with E-state index < -0.39 is 77.7 Å². The summed E-state index contributed by atoms with van der Waals surface area (Å²) in [7, 11) is -6.44. The summed E-state index contributed by atoms with van der Waals surface area (Å²) in [5.74, 6) is -5.01. The van der Waals surface area contributed by atoms with E-state index in [1.807, 2.05) is 4.98 Å². The lowest BCUT2D eigenvalue weighted by Gasteiger charge is -2.18. The first-order chi connectivity index (χ1) is 14.3. The number of methoxy groups -OCH3 is 2. The van der Waals surface area contributed by atoms with E-state index >= 15 is 0 Å². The van der Waals surface area contributed by atoms with E-state index in [9.17, 15) is 36.0 Å². The number of aromatic nitrogens is 2. The second-order valence-electron chi connectivity index (χ2n) is 6.90. The van der Waals surface area contributed by atoms with E-state index in [1.54, 1.807) is 0 Å². The first-order valence-corrected chi connectivity index (χ1v) is 12.4. The van der Waals surface area contributed by atoms with Gasteiger partial charge in [0.15, 0.2) is 19.7 Å². The van der Waals surface area contributed by atoms with Crippen molar-refractivity contribution < 1.29 is 40.6 Å². The van der Waals surface area contributed by atoms with Gasteiger partial charge in [0.05, 0.1) is 31.3 Å².